The van der Waals surface area contributed by atoms with Crippen LogP contribution in [0.5, 0.6) is 0 Å². The van der Waals surface area contributed by atoms with Crippen LogP contribution >= 0.6 is 0 Å². The zero-order valence-electron chi connectivity index (χ0n) is 11.3. The smallest absolute Gasteiger partial charge is 0.309 e. The number of rotatable bonds is 5. The number of likely N-dealkylation sites (tertiary alicyclic amines) is 1. The molecule has 17 heavy (non-hydrogen) atoms. The van der Waals surface area contributed by atoms with Gasteiger partial charge in [0.1, 0.15) is 0 Å². The van der Waals surface area contributed by atoms with Crippen molar-refractivity contribution in [2.45, 2.75) is 52.1 Å². The largest absolute Gasteiger partial charge is 0.466 e. The Bertz CT molecular complexity index is 244. The summed E-state index contributed by atoms with van der Waals surface area (Å²) in [6, 6.07) is 0.588. The molecule has 0 aromatic rings. The summed E-state index contributed by atoms with van der Waals surface area (Å²) in [5.41, 5.74) is 6.01. The summed E-state index contributed by atoms with van der Waals surface area (Å²) in [5.74, 6) is -0.157. The van der Waals surface area contributed by atoms with E-state index in [2.05, 4.69) is 11.8 Å². The second kappa shape index (κ2) is 6.97. The number of nitrogens with zero attached hydrogens (tertiary/aromatic N) is 1. The van der Waals surface area contributed by atoms with Gasteiger partial charge in [0.25, 0.3) is 0 Å². The molecule has 0 amide bonds. The van der Waals surface area contributed by atoms with Crippen LogP contribution in [0.2, 0.25) is 0 Å². The van der Waals surface area contributed by atoms with E-state index in [-0.39, 0.29) is 17.9 Å². The molecule has 0 radical (unpaired) electrons. The first-order valence-electron chi connectivity index (χ1n) is 6.72. The average molecular weight is 242 g/mol. The van der Waals surface area contributed by atoms with Crippen molar-refractivity contribution >= 4 is 5.97 Å². The standard InChI is InChI=1S/C13H26N2O2/c1-4-17-13(16)10(2)9-15-8-6-5-7-12(15)11(3)14/h10-12H,4-9,14H2,1-3H3. The quantitative estimate of drug-likeness (QED) is 0.740. The third kappa shape index (κ3) is 4.28. The Labute approximate surface area is 104 Å². The maximum atomic E-state index is 11.6. The summed E-state index contributed by atoms with van der Waals surface area (Å²) in [5, 5.41) is 0. The number of piperidine rings is 1. The molecule has 100 valence electrons. The minimum atomic E-state index is -0.0958. The number of nitrogens with two attached hydrogens (primary N) is 1. The molecular weight excluding hydrogens is 216 g/mol. The molecule has 4 heteroatoms. The van der Waals surface area contributed by atoms with Crippen LogP contribution in [-0.4, -0.2) is 42.6 Å². The molecule has 1 aliphatic rings. The summed E-state index contributed by atoms with van der Waals surface area (Å²) in [7, 11) is 0. The fourth-order valence-corrected chi connectivity index (χ4v) is 2.55. The maximum absolute atomic E-state index is 11.6. The summed E-state index contributed by atoms with van der Waals surface area (Å²) < 4.78 is 5.04. The topological polar surface area (TPSA) is 55.6 Å². The zero-order valence-corrected chi connectivity index (χ0v) is 11.3. The first-order valence-corrected chi connectivity index (χ1v) is 6.72. The molecule has 1 fully saturated rings. The van der Waals surface area contributed by atoms with E-state index in [1.54, 1.807) is 0 Å². The Balaban J connectivity index is 2.49. The molecule has 1 heterocycles. The van der Waals surface area contributed by atoms with Crippen molar-refractivity contribution in [1.29, 1.82) is 0 Å². The molecular formula is C13H26N2O2. The summed E-state index contributed by atoms with van der Waals surface area (Å²) in [6.45, 7) is 8.11. The highest BCUT2D eigenvalue weighted by Crippen LogP contribution is 2.20. The maximum Gasteiger partial charge on any atom is 0.309 e. The van der Waals surface area contributed by atoms with Gasteiger partial charge in [0, 0.05) is 18.6 Å². The highest BCUT2D eigenvalue weighted by Gasteiger charge is 2.28. The van der Waals surface area contributed by atoms with Crippen molar-refractivity contribution in [3.05, 3.63) is 0 Å². The fourth-order valence-electron chi connectivity index (χ4n) is 2.55. The van der Waals surface area contributed by atoms with Crippen LogP contribution in [0.3, 0.4) is 0 Å². The summed E-state index contributed by atoms with van der Waals surface area (Å²) in [6.07, 6.45) is 3.60. The lowest BCUT2D eigenvalue weighted by atomic mass is 9.95. The number of hydrogen-bond acceptors (Lipinski definition) is 4. The van der Waals surface area contributed by atoms with E-state index >= 15 is 0 Å². The second-order valence-corrected chi connectivity index (χ2v) is 5.07. The van der Waals surface area contributed by atoms with Gasteiger partial charge in [-0.05, 0) is 33.2 Å². The van der Waals surface area contributed by atoms with Crippen molar-refractivity contribution in [3.63, 3.8) is 0 Å². The second-order valence-electron chi connectivity index (χ2n) is 5.07. The van der Waals surface area contributed by atoms with Gasteiger partial charge in [0.2, 0.25) is 0 Å². The van der Waals surface area contributed by atoms with Crippen LogP contribution in [0, 0.1) is 5.92 Å². The zero-order chi connectivity index (χ0) is 12.8. The van der Waals surface area contributed by atoms with Gasteiger partial charge in [0.15, 0.2) is 0 Å². The summed E-state index contributed by atoms with van der Waals surface area (Å²) in [4.78, 5) is 14.0. The normalized spacial score (nSPS) is 25.3. The fraction of sp³-hybridized carbons (Fsp3) is 0.923. The van der Waals surface area contributed by atoms with Crippen LogP contribution in [0.15, 0.2) is 0 Å². The van der Waals surface area contributed by atoms with Gasteiger partial charge in [-0.2, -0.15) is 0 Å². The number of carbonyl (C=O) groups is 1. The van der Waals surface area contributed by atoms with Gasteiger partial charge in [-0.15, -0.1) is 0 Å². The van der Waals surface area contributed by atoms with Crippen LogP contribution in [0.25, 0.3) is 0 Å². The molecule has 1 rings (SSSR count). The molecule has 3 atom stereocenters. The molecule has 0 bridgehead atoms. The van der Waals surface area contributed by atoms with E-state index < -0.39 is 0 Å². The van der Waals surface area contributed by atoms with E-state index in [0.29, 0.717) is 12.6 Å². The molecule has 2 N–H and O–H groups in total. The van der Waals surface area contributed by atoms with Gasteiger partial charge in [-0.25, -0.2) is 0 Å². The average Bonchev–Trinajstić information content (AvgIpc) is 2.29. The Hall–Kier alpha value is -0.610. The predicted octanol–water partition coefficient (Wildman–Crippen LogP) is 1.39. The van der Waals surface area contributed by atoms with Crippen molar-refractivity contribution in [3.8, 4) is 0 Å². The first kappa shape index (κ1) is 14.5. The van der Waals surface area contributed by atoms with Gasteiger partial charge >= 0.3 is 5.97 Å². The van der Waals surface area contributed by atoms with Crippen molar-refractivity contribution in [2.75, 3.05) is 19.7 Å². The van der Waals surface area contributed by atoms with Gasteiger partial charge in [-0.3, -0.25) is 9.69 Å². The monoisotopic (exact) mass is 242 g/mol. The van der Waals surface area contributed by atoms with E-state index in [4.69, 9.17) is 10.5 Å². The highest BCUT2D eigenvalue weighted by atomic mass is 16.5. The predicted molar refractivity (Wildman–Crippen MR) is 68.7 cm³/mol. The lowest BCUT2D eigenvalue weighted by Crippen LogP contribution is -2.51. The van der Waals surface area contributed by atoms with E-state index in [9.17, 15) is 4.79 Å². The van der Waals surface area contributed by atoms with Crippen molar-refractivity contribution in [2.24, 2.45) is 11.7 Å². The highest BCUT2D eigenvalue weighted by molar-refractivity contribution is 5.72. The molecule has 4 nitrogen and oxygen atoms in total. The number of esters is 1. The van der Waals surface area contributed by atoms with E-state index in [1.165, 1.54) is 12.8 Å². The van der Waals surface area contributed by atoms with Crippen LogP contribution in [0.1, 0.15) is 40.0 Å². The minimum Gasteiger partial charge on any atom is -0.466 e. The molecule has 0 aromatic heterocycles. The van der Waals surface area contributed by atoms with Crippen molar-refractivity contribution < 1.29 is 9.53 Å². The molecule has 0 saturated carbocycles. The van der Waals surface area contributed by atoms with Crippen molar-refractivity contribution in [1.82, 2.24) is 4.90 Å². The number of hydrogen-bond donors (Lipinski definition) is 1. The Morgan fingerprint density at radius 2 is 2.18 bits per heavy atom. The van der Waals surface area contributed by atoms with E-state index in [0.717, 1.165) is 19.5 Å². The van der Waals surface area contributed by atoms with E-state index in [1.807, 2.05) is 13.8 Å². The number of carbonyl (C=O) groups excluding carboxylic acids is 1. The molecule has 0 aromatic carbocycles. The van der Waals surface area contributed by atoms with Crippen LogP contribution in [0.4, 0.5) is 0 Å². The Kier molecular flexibility index (Phi) is 5.92. The van der Waals surface area contributed by atoms with Crippen LogP contribution in [-0.2, 0) is 9.53 Å². The van der Waals surface area contributed by atoms with Gasteiger partial charge < -0.3 is 10.5 Å². The SMILES string of the molecule is CCOC(=O)C(C)CN1CCCCC1C(C)N. The lowest BCUT2D eigenvalue weighted by Gasteiger charge is -2.39. The molecule has 0 spiro atoms. The summed E-state index contributed by atoms with van der Waals surface area (Å²) >= 11 is 0. The molecule has 3 unspecified atom stereocenters. The minimum absolute atomic E-state index is 0.0608. The Morgan fingerprint density at radius 1 is 1.47 bits per heavy atom. The molecule has 1 saturated heterocycles. The molecule has 0 aliphatic carbocycles. The number of ether oxygens (including phenoxy) is 1. The third-order valence-corrected chi connectivity index (χ3v) is 3.47. The Morgan fingerprint density at radius 3 is 2.76 bits per heavy atom. The van der Waals surface area contributed by atoms with Crippen LogP contribution < -0.4 is 5.73 Å². The third-order valence-electron chi connectivity index (χ3n) is 3.47. The van der Waals surface area contributed by atoms with Gasteiger partial charge in [-0.1, -0.05) is 13.3 Å². The molecule has 1 aliphatic heterocycles. The van der Waals surface area contributed by atoms with Gasteiger partial charge in [0.05, 0.1) is 12.5 Å². The first-order chi connectivity index (χ1) is 8.06. The lowest BCUT2D eigenvalue weighted by molar-refractivity contribution is -0.148.